The van der Waals surface area contributed by atoms with E-state index >= 15 is 0 Å². The van der Waals surface area contributed by atoms with E-state index in [0.29, 0.717) is 17.3 Å². The van der Waals surface area contributed by atoms with Gasteiger partial charge in [0.1, 0.15) is 6.54 Å². The van der Waals surface area contributed by atoms with Crippen LogP contribution in [0.4, 0.5) is 32.0 Å². The van der Waals surface area contributed by atoms with E-state index in [1.54, 1.807) is 0 Å². The van der Waals surface area contributed by atoms with Crippen LogP contribution in [0.1, 0.15) is 22.8 Å². The zero-order valence-electron chi connectivity index (χ0n) is 13.0. The fourth-order valence-electron chi connectivity index (χ4n) is 1.77. The molecule has 1 rings (SSSR count). The van der Waals surface area contributed by atoms with Crippen LogP contribution in [-0.2, 0) is 10.9 Å². The van der Waals surface area contributed by atoms with Crippen molar-refractivity contribution in [3.63, 3.8) is 0 Å². The summed E-state index contributed by atoms with van der Waals surface area (Å²) in [4.78, 5) is 15.6. The molecule has 11 heteroatoms. The summed E-state index contributed by atoms with van der Waals surface area (Å²) in [7, 11) is 0.980. The predicted molar refractivity (Wildman–Crippen MR) is 79.2 cm³/mol. The SMILES string of the molecule is CCOC(=O)c1ccc(C(F)(F)F)c(/N=C/N(C)CC(F)(F)F)c1Cl. The molecule has 0 radical (unpaired) electrons. The Morgan fingerprint density at radius 2 is 1.88 bits per heavy atom. The van der Waals surface area contributed by atoms with Gasteiger partial charge in [-0.1, -0.05) is 11.6 Å². The van der Waals surface area contributed by atoms with Crippen LogP contribution in [-0.4, -0.2) is 43.6 Å². The fraction of sp³-hybridized carbons (Fsp3) is 0.429. The lowest BCUT2D eigenvalue weighted by Gasteiger charge is -2.17. The van der Waals surface area contributed by atoms with Gasteiger partial charge in [-0.3, -0.25) is 0 Å². The van der Waals surface area contributed by atoms with Gasteiger partial charge in [-0.25, -0.2) is 9.79 Å². The van der Waals surface area contributed by atoms with E-state index in [-0.39, 0.29) is 12.2 Å². The van der Waals surface area contributed by atoms with Crippen molar-refractivity contribution in [2.45, 2.75) is 19.3 Å². The Balaban J connectivity index is 3.33. The third kappa shape index (κ3) is 6.11. The molecule has 0 aliphatic rings. The average Bonchev–Trinajstić information content (AvgIpc) is 2.42. The van der Waals surface area contributed by atoms with Crippen LogP contribution in [0.3, 0.4) is 0 Å². The molecule has 0 bridgehead atoms. The number of nitrogens with zero attached hydrogens (tertiary/aromatic N) is 2. The lowest BCUT2D eigenvalue weighted by Crippen LogP contribution is -2.29. The van der Waals surface area contributed by atoms with Crippen LogP contribution in [0.2, 0.25) is 5.02 Å². The van der Waals surface area contributed by atoms with E-state index in [1.165, 1.54) is 6.92 Å². The summed E-state index contributed by atoms with van der Waals surface area (Å²) >= 11 is 5.81. The molecule has 0 fully saturated rings. The molecular formula is C14H13ClF6N2O2. The Kier molecular flexibility index (Phi) is 6.69. The summed E-state index contributed by atoms with van der Waals surface area (Å²) in [6.45, 7) is 0.0250. The predicted octanol–water partition coefficient (Wildman–Crippen LogP) is 4.69. The third-order valence-electron chi connectivity index (χ3n) is 2.73. The van der Waals surface area contributed by atoms with Gasteiger partial charge in [0.2, 0.25) is 0 Å². The van der Waals surface area contributed by atoms with Crippen molar-refractivity contribution in [2.24, 2.45) is 4.99 Å². The number of esters is 1. The van der Waals surface area contributed by atoms with Crippen molar-refractivity contribution in [2.75, 3.05) is 20.2 Å². The van der Waals surface area contributed by atoms with Crippen molar-refractivity contribution >= 4 is 29.6 Å². The molecule has 0 unspecified atom stereocenters. The fourth-order valence-corrected chi connectivity index (χ4v) is 2.06. The van der Waals surface area contributed by atoms with Crippen LogP contribution >= 0.6 is 11.6 Å². The number of rotatable bonds is 5. The third-order valence-corrected chi connectivity index (χ3v) is 3.11. The van der Waals surface area contributed by atoms with Gasteiger partial charge in [-0.2, -0.15) is 26.3 Å². The Morgan fingerprint density at radius 3 is 2.36 bits per heavy atom. The number of hydrogen-bond donors (Lipinski definition) is 0. The topological polar surface area (TPSA) is 41.9 Å². The molecule has 4 nitrogen and oxygen atoms in total. The first kappa shape index (κ1) is 21.1. The average molecular weight is 391 g/mol. The van der Waals surface area contributed by atoms with Gasteiger partial charge < -0.3 is 9.64 Å². The van der Waals surface area contributed by atoms with Crippen molar-refractivity contribution in [3.8, 4) is 0 Å². The van der Waals surface area contributed by atoms with E-state index in [4.69, 9.17) is 11.6 Å². The first-order chi connectivity index (χ1) is 11.4. The van der Waals surface area contributed by atoms with Crippen LogP contribution in [0.5, 0.6) is 0 Å². The van der Waals surface area contributed by atoms with E-state index in [9.17, 15) is 31.1 Å². The molecule has 0 saturated heterocycles. The number of carbonyl (C=O) groups is 1. The van der Waals surface area contributed by atoms with Gasteiger partial charge in [0.05, 0.1) is 34.8 Å². The van der Waals surface area contributed by atoms with Gasteiger partial charge in [0.25, 0.3) is 0 Å². The van der Waals surface area contributed by atoms with E-state index in [1.807, 2.05) is 0 Å². The highest BCUT2D eigenvalue weighted by Gasteiger charge is 2.36. The highest BCUT2D eigenvalue weighted by atomic mass is 35.5. The van der Waals surface area contributed by atoms with Crippen LogP contribution in [0, 0.1) is 0 Å². The normalized spacial score (nSPS) is 12.5. The van der Waals surface area contributed by atoms with Gasteiger partial charge in [-0.05, 0) is 19.1 Å². The van der Waals surface area contributed by atoms with Crippen LogP contribution < -0.4 is 0 Å². The highest BCUT2D eigenvalue weighted by molar-refractivity contribution is 6.36. The van der Waals surface area contributed by atoms with Crippen molar-refractivity contribution in [1.29, 1.82) is 0 Å². The van der Waals surface area contributed by atoms with E-state index in [2.05, 4.69) is 9.73 Å². The molecule has 140 valence electrons. The Bertz CT molecular complexity index is 658. The van der Waals surface area contributed by atoms with Crippen LogP contribution in [0.25, 0.3) is 0 Å². The zero-order valence-corrected chi connectivity index (χ0v) is 13.8. The highest BCUT2D eigenvalue weighted by Crippen LogP contribution is 2.42. The smallest absolute Gasteiger partial charge is 0.418 e. The first-order valence-corrected chi connectivity index (χ1v) is 7.12. The number of benzene rings is 1. The molecular weight excluding hydrogens is 378 g/mol. The summed E-state index contributed by atoms with van der Waals surface area (Å²) in [6.07, 6.45) is -8.88. The Hall–Kier alpha value is -1.97. The second-order valence-corrected chi connectivity index (χ2v) is 5.19. The molecule has 1 aromatic rings. The van der Waals surface area contributed by atoms with Gasteiger partial charge in [-0.15, -0.1) is 0 Å². The summed E-state index contributed by atoms with van der Waals surface area (Å²) < 4.78 is 80.6. The molecule has 0 atom stereocenters. The number of carbonyl (C=O) groups excluding carboxylic acids is 1. The quantitative estimate of drug-likeness (QED) is 0.317. The minimum Gasteiger partial charge on any atom is -0.462 e. The number of ether oxygens (including phenoxy) is 1. The largest absolute Gasteiger partial charge is 0.462 e. The maximum absolute atomic E-state index is 13.1. The summed E-state index contributed by atoms with van der Waals surface area (Å²) in [5.74, 6) is -0.971. The Labute approximate surface area is 144 Å². The van der Waals surface area contributed by atoms with Crippen LogP contribution in [0.15, 0.2) is 17.1 Å². The number of halogens is 7. The van der Waals surface area contributed by atoms with Crippen molar-refractivity contribution < 1.29 is 35.9 Å². The van der Waals surface area contributed by atoms with Gasteiger partial charge >= 0.3 is 18.3 Å². The van der Waals surface area contributed by atoms with Gasteiger partial charge in [0, 0.05) is 7.05 Å². The summed E-state index contributed by atoms with van der Waals surface area (Å²) in [5, 5.41) is -0.662. The second kappa shape index (κ2) is 7.94. The lowest BCUT2D eigenvalue weighted by molar-refractivity contribution is -0.137. The molecule has 0 saturated carbocycles. The summed E-state index contributed by atoms with van der Waals surface area (Å²) in [5.41, 5.74) is -2.53. The molecule has 0 spiro atoms. The number of alkyl halides is 6. The minimum absolute atomic E-state index is 0.0386. The first-order valence-electron chi connectivity index (χ1n) is 6.74. The zero-order chi connectivity index (χ0) is 19.4. The maximum atomic E-state index is 13.1. The standard InChI is InChI=1S/C14H13ClF6N2O2/c1-3-25-12(24)8-4-5-9(14(19,20)21)11(10(8)15)22-7-23(2)6-13(16,17)18/h4-5,7H,3,6H2,1-2H3/b22-7+. The number of aliphatic imine (C=N–C) groups is 1. The monoisotopic (exact) mass is 390 g/mol. The van der Waals surface area contributed by atoms with Crippen molar-refractivity contribution in [3.05, 3.63) is 28.3 Å². The minimum atomic E-state index is -4.87. The van der Waals surface area contributed by atoms with Gasteiger partial charge in [0.15, 0.2) is 0 Å². The van der Waals surface area contributed by atoms with E-state index in [0.717, 1.165) is 13.1 Å². The molecule has 0 aliphatic heterocycles. The second-order valence-electron chi connectivity index (χ2n) is 4.82. The molecule has 0 aliphatic carbocycles. The lowest BCUT2D eigenvalue weighted by atomic mass is 10.1. The number of hydrogen-bond acceptors (Lipinski definition) is 3. The molecule has 0 heterocycles. The molecule has 0 aromatic heterocycles. The maximum Gasteiger partial charge on any atom is 0.418 e. The Morgan fingerprint density at radius 1 is 1.28 bits per heavy atom. The van der Waals surface area contributed by atoms with E-state index < -0.39 is 41.1 Å². The molecule has 25 heavy (non-hydrogen) atoms. The molecule has 0 amide bonds. The van der Waals surface area contributed by atoms with Crippen molar-refractivity contribution in [1.82, 2.24) is 4.90 Å². The summed E-state index contributed by atoms with van der Waals surface area (Å²) in [6, 6.07) is 1.39. The molecule has 1 aromatic carbocycles. The molecule has 0 N–H and O–H groups in total.